The third-order valence-electron chi connectivity index (χ3n) is 2.17. The van der Waals surface area contributed by atoms with Gasteiger partial charge in [0, 0.05) is 6.92 Å². The first-order valence-corrected chi connectivity index (χ1v) is 4.96. The molecule has 0 aliphatic rings. The van der Waals surface area contributed by atoms with Crippen molar-refractivity contribution in [3.05, 3.63) is 29.6 Å². The summed E-state index contributed by atoms with van der Waals surface area (Å²) in [5, 5.41) is 2.55. The Bertz CT molecular complexity index is 427. The van der Waals surface area contributed by atoms with Gasteiger partial charge in [-0.3, -0.25) is 4.79 Å². The molecule has 0 aliphatic heterocycles. The SMILES string of the molecule is CC(=O)NC(C)(C)c1cccc(C(F)(F)F)n1. The Morgan fingerprint density at radius 3 is 2.24 bits per heavy atom. The van der Waals surface area contributed by atoms with Gasteiger partial charge in [-0.15, -0.1) is 0 Å². The predicted molar refractivity (Wildman–Crippen MR) is 56.1 cm³/mol. The molecule has 3 nitrogen and oxygen atoms in total. The maximum atomic E-state index is 12.5. The minimum Gasteiger partial charge on any atom is -0.346 e. The minimum atomic E-state index is -4.48. The molecule has 0 saturated heterocycles. The Kier molecular flexibility index (Phi) is 3.45. The summed E-state index contributed by atoms with van der Waals surface area (Å²) in [6, 6.07) is 3.62. The van der Waals surface area contributed by atoms with E-state index in [1.54, 1.807) is 13.8 Å². The quantitative estimate of drug-likeness (QED) is 0.871. The van der Waals surface area contributed by atoms with Gasteiger partial charge in [-0.1, -0.05) is 6.07 Å². The second-order valence-electron chi connectivity index (χ2n) is 4.21. The molecule has 1 heterocycles. The molecule has 0 atom stereocenters. The molecule has 1 aromatic rings. The van der Waals surface area contributed by atoms with Crippen LogP contribution in [-0.4, -0.2) is 10.9 Å². The van der Waals surface area contributed by atoms with Crippen LogP contribution in [0, 0.1) is 0 Å². The van der Waals surface area contributed by atoms with Crippen molar-refractivity contribution in [3.63, 3.8) is 0 Å². The summed E-state index contributed by atoms with van der Waals surface area (Å²) < 4.78 is 37.4. The summed E-state index contributed by atoms with van der Waals surface area (Å²) in [6.07, 6.45) is -4.48. The molecule has 0 unspecified atom stereocenters. The third-order valence-corrected chi connectivity index (χ3v) is 2.17. The fourth-order valence-corrected chi connectivity index (χ4v) is 1.44. The maximum Gasteiger partial charge on any atom is 0.433 e. The second kappa shape index (κ2) is 4.35. The zero-order chi connectivity index (χ0) is 13.3. The number of amides is 1. The van der Waals surface area contributed by atoms with E-state index in [1.807, 2.05) is 0 Å². The number of nitrogens with one attached hydrogen (secondary N) is 1. The van der Waals surface area contributed by atoms with Gasteiger partial charge in [0.1, 0.15) is 5.69 Å². The molecule has 0 aliphatic carbocycles. The summed E-state index contributed by atoms with van der Waals surface area (Å²) in [6.45, 7) is 4.49. The summed E-state index contributed by atoms with van der Waals surface area (Å²) in [4.78, 5) is 14.5. The molecule has 0 saturated carbocycles. The van der Waals surface area contributed by atoms with Crippen LogP contribution in [-0.2, 0) is 16.5 Å². The Balaban J connectivity index is 3.11. The molecule has 0 spiro atoms. The van der Waals surface area contributed by atoms with Crippen molar-refractivity contribution in [2.75, 3.05) is 0 Å². The molecule has 94 valence electrons. The normalized spacial score (nSPS) is 12.4. The van der Waals surface area contributed by atoms with E-state index in [0.717, 1.165) is 6.07 Å². The molecular formula is C11H13F3N2O. The number of halogens is 3. The number of rotatable bonds is 2. The summed E-state index contributed by atoms with van der Waals surface area (Å²) in [7, 11) is 0. The molecular weight excluding hydrogens is 233 g/mol. The lowest BCUT2D eigenvalue weighted by molar-refractivity contribution is -0.141. The first-order chi connectivity index (χ1) is 7.63. The van der Waals surface area contributed by atoms with E-state index < -0.39 is 17.4 Å². The number of nitrogens with zero attached hydrogens (tertiary/aromatic N) is 1. The average Bonchev–Trinajstić information content (AvgIpc) is 2.14. The van der Waals surface area contributed by atoms with Gasteiger partial charge in [-0.05, 0) is 26.0 Å². The largest absolute Gasteiger partial charge is 0.433 e. The topological polar surface area (TPSA) is 42.0 Å². The van der Waals surface area contributed by atoms with Gasteiger partial charge >= 0.3 is 6.18 Å². The smallest absolute Gasteiger partial charge is 0.346 e. The molecule has 0 fully saturated rings. The standard InChI is InChI=1S/C11H13F3N2O/c1-7(17)16-10(2,3)8-5-4-6-9(15-8)11(12,13)14/h4-6H,1-3H3,(H,16,17). The van der Waals surface area contributed by atoms with E-state index >= 15 is 0 Å². The first-order valence-electron chi connectivity index (χ1n) is 4.96. The lowest BCUT2D eigenvalue weighted by Crippen LogP contribution is -2.40. The summed E-state index contributed by atoms with van der Waals surface area (Å²) in [5.74, 6) is -0.325. The van der Waals surface area contributed by atoms with Gasteiger partial charge in [0.15, 0.2) is 0 Å². The third kappa shape index (κ3) is 3.44. The molecule has 0 aromatic carbocycles. The van der Waals surface area contributed by atoms with Crippen molar-refractivity contribution in [1.82, 2.24) is 10.3 Å². The molecule has 1 N–H and O–H groups in total. The molecule has 17 heavy (non-hydrogen) atoms. The average molecular weight is 246 g/mol. The minimum absolute atomic E-state index is 0.169. The molecule has 0 bridgehead atoms. The predicted octanol–water partition coefficient (Wildman–Crippen LogP) is 2.47. The van der Waals surface area contributed by atoms with Crippen molar-refractivity contribution < 1.29 is 18.0 Å². The second-order valence-corrected chi connectivity index (χ2v) is 4.21. The van der Waals surface area contributed by atoms with Crippen molar-refractivity contribution in [3.8, 4) is 0 Å². The molecule has 1 amide bonds. The number of carbonyl (C=O) groups is 1. The van der Waals surface area contributed by atoms with Gasteiger partial charge in [-0.25, -0.2) is 4.98 Å². The highest BCUT2D eigenvalue weighted by atomic mass is 19.4. The molecule has 6 heteroatoms. The first kappa shape index (κ1) is 13.5. The van der Waals surface area contributed by atoms with Gasteiger partial charge in [0.25, 0.3) is 0 Å². The zero-order valence-electron chi connectivity index (χ0n) is 9.72. The maximum absolute atomic E-state index is 12.5. The summed E-state index contributed by atoms with van der Waals surface area (Å²) in [5.41, 5.74) is -1.73. The van der Waals surface area contributed by atoms with Crippen LogP contribution in [0.15, 0.2) is 18.2 Å². The van der Waals surface area contributed by atoms with Crippen LogP contribution in [0.3, 0.4) is 0 Å². The van der Waals surface area contributed by atoms with E-state index in [4.69, 9.17) is 0 Å². The van der Waals surface area contributed by atoms with E-state index in [9.17, 15) is 18.0 Å². The van der Waals surface area contributed by atoms with Crippen molar-refractivity contribution in [2.45, 2.75) is 32.5 Å². The number of hydrogen-bond acceptors (Lipinski definition) is 2. The van der Waals surface area contributed by atoms with Gasteiger partial charge in [-0.2, -0.15) is 13.2 Å². The lowest BCUT2D eigenvalue weighted by Gasteiger charge is -2.25. The highest BCUT2D eigenvalue weighted by molar-refractivity contribution is 5.73. The van der Waals surface area contributed by atoms with Crippen molar-refractivity contribution in [2.24, 2.45) is 0 Å². The molecule has 0 radical (unpaired) electrons. The Morgan fingerprint density at radius 1 is 1.24 bits per heavy atom. The van der Waals surface area contributed by atoms with Crippen LogP contribution in [0.4, 0.5) is 13.2 Å². The van der Waals surface area contributed by atoms with Gasteiger partial charge < -0.3 is 5.32 Å². The number of pyridine rings is 1. The summed E-state index contributed by atoms with van der Waals surface area (Å²) >= 11 is 0. The number of aromatic nitrogens is 1. The zero-order valence-corrected chi connectivity index (χ0v) is 9.72. The highest BCUT2D eigenvalue weighted by Gasteiger charge is 2.34. The number of alkyl halides is 3. The van der Waals surface area contributed by atoms with Crippen LogP contribution in [0.1, 0.15) is 32.2 Å². The van der Waals surface area contributed by atoms with E-state index in [-0.39, 0.29) is 11.6 Å². The van der Waals surface area contributed by atoms with Crippen LogP contribution in [0.2, 0.25) is 0 Å². The van der Waals surface area contributed by atoms with Crippen LogP contribution in [0.5, 0.6) is 0 Å². The Morgan fingerprint density at radius 2 is 1.76 bits per heavy atom. The van der Waals surface area contributed by atoms with Gasteiger partial charge in [0.05, 0.1) is 11.2 Å². The van der Waals surface area contributed by atoms with E-state index in [2.05, 4.69) is 10.3 Å². The molecule has 1 aromatic heterocycles. The lowest BCUT2D eigenvalue weighted by atomic mass is 9.99. The Hall–Kier alpha value is -1.59. The van der Waals surface area contributed by atoms with Gasteiger partial charge in [0.2, 0.25) is 5.91 Å². The Labute approximate surface area is 97.0 Å². The van der Waals surface area contributed by atoms with E-state index in [1.165, 1.54) is 19.1 Å². The van der Waals surface area contributed by atoms with Crippen LogP contribution < -0.4 is 5.32 Å². The van der Waals surface area contributed by atoms with Crippen LogP contribution >= 0.6 is 0 Å². The molecule has 1 rings (SSSR count). The van der Waals surface area contributed by atoms with Crippen molar-refractivity contribution >= 4 is 5.91 Å². The van der Waals surface area contributed by atoms with E-state index in [0.29, 0.717) is 0 Å². The monoisotopic (exact) mass is 246 g/mol. The number of carbonyl (C=O) groups excluding carboxylic acids is 1. The van der Waals surface area contributed by atoms with Crippen LogP contribution in [0.25, 0.3) is 0 Å². The fourth-order valence-electron chi connectivity index (χ4n) is 1.44. The van der Waals surface area contributed by atoms with Crippen molar-refractivity contribution in [1.29, 1.82) is 0 Å². The highest BCUT2D eigenvalue weighted by Crippen LogP contribution is 2.29. The fraction of sp³-hybridized carbons (Fsp3) is 0.455. The number of hydrogen-bond donors (Lipinski definition) is 1.